The molecule has 0 aliphatic heterocycles. The number of rotatable bonds is 6. The summed E-state index contributed by atoms with van der Waals surface area (Å²) < 4.78 is 0. The minimum Gasteiger partial charge on any atom is -0.478 e. The summed E-state index contributed by atoms with van der Waals surface area (Å²) >= 11 is 5.73. The molecule has 7 heteroatoms. The Hall–Kier alpha value is -1.82. The van der Waals surface area contributed by atoms with E-state index in [0.29, 0.717) is 6.54 Å². The first-order chi connectivity index (χ1) is 8.93. The molecule has 6 nitrogen and oxygen atoms in total. The van der Waals surface area contributed by atoms with Gasteiger partial charge in [-0.3, -0.25) is 4.79 Å². The van der Waals surface area contributed by atoms with Gasteiger partial charge < -0.3 is 15.7 Å². The summed E-state index contributed by atoms with van der Waals surface area (Å²) in [7, 11) is 0. The highest BCUT2D eigenvalue weighted by Crippen LogP contribution is 2.15. The summed E-state index contributed by atoms with van der Waals surface area (Å²) in [4.78, 5) is 26.5. The van der Waals surface area contributed by atoms with E-state index in [1.165, 1.54) is 12.1 Å². The van der Waals surface area contributed by atoms with Gasteiger partial charge in [0.1, 0.15) is 17.0 Å². The Labute approximate surface area is 116 Å². The van der Waals surface area contributed by atoms with Gasteiger partial charge in [0.25, 0.3) is 0 Å². The molecule has 0 aliphatic carbocycles. The molecular weight excluding hydrogens is 270 g/mol. The van der Waals surface area contributed by atoms with Gasteiger partial charge in [-0.1, -0.05) is 18.5 Å². The molecule has 1 aromatic rings. The van der Waals surface area contributed by atoms with Crippen LogP contribution < -0.4 is 10.6 Å². The van der Waals surface area contributed by atoms with E-state index in [2.05, 4.69) is 15.6 Å². The molecule has 0 bridgehead atoms. The van der Waals surface area contributed by atoms with Crippen LogP contribution in [-0.4, -0.2) is 34.6 Å². The molecule has 0 aliphatic rings. The number of carbonyl (C=O) groups excluding carboxylic acids is 1. The number of carboxylic acid groups (broad SMARTS) is 1. The van der Waals surface area contributed by atoms with E-state index in [-0.39, 0.29) is 22.4 Å². The lowest BCUT2D eigenvalue weighted by Crippen LogP contribution is -2.38. The minimum atomic E-state index is -1.10. The van der Waals surface area contributed by atoms with E-state index in [4.69, 9.17) is 16.7 Å². The van der Waals surface area contributed by atoms with Gasteiger partial charge in [0.15, 0.2) is 0 Å². The van der Waals surface area contributed by atoms with Gasteiger partial charge in [-0.05, 0) is 25.5 Å². The first-order valence-electron chi connectivity index (χ1n) is 5.89. The number of hydrogen-bond acceptors (Lipinski definition) is 4. The van der Waals surface area contributed by atoms with Crippen LogP contribution in [0.4, 0.5) is 5.82 Å². The van der Waals surface area contributed by atoms with Crippen molar-refractivity contribution in [3.8, 4) is 0 Å². The molecule has 0 aromatic carbocycles. The number of pyridine rings is 1. The highest BCUT2D eigenvalue weighted by Gasteiger charge is 2.14. The predicted molar refractivity (Wildman–Crippen MR) is 72.6 cm³/mol. The minimum absolute atomic E-state index is 0.0173. The highest BCUT2D eigenvalue weighted by atomic mass is 35.5. The van der Waals surface area contributed by atoms with Crippen molar-refractivity contribution in [3.63, 3.8) is 0 Å². The van der Waals surface area contributed by atoms with E-state index in [1.54, 1.807) is 6.92 Å². The first kappa shape index (κ1) is 15.2. The molecule has 3 N–H and O–H groups in total. The predicted octanol–water partition coefficient (Wildman–Crippen LogP) is 1.76. The molecular formula is C12H16ClN3O3. The zero-order valence-electron chi connectivity index (χ0n) is 10.7. The Balaban J connectivity index is 2.76. The summed E-state index contributed by atoms with van der Waals surface area (Å²) in [6.45, 7) is 4.21. The number of hydrogen-bond donors (Lipinski definition) is 3. The average Bonchev–Trinajstić information content (AvgIpc) is 2.34. The van der Waals surface area contributed by atoms with Crippen molar-refractivity contribution < 1.29 is 14.7 Å². The molecule has 1 unspecified atom stereocenters. The van der Waals surface area contributed by atoms with Gasteiger partial charge in [0, 0.05) is 6.54 Å². The Morgan fingerprint density at radius 3 is 2.74 bits per heavy atom. The Bertz CT molecular complexity index is 479. The van der Waals surface area contributed by atoms with Crippen molar-refractivity contribution >= 4 is 29.3 Å². The molecule has 1 amide bonds. The summed E-state index contributed by atoms with van der Waals surface area (Å²) in [6.07, 6.45) is 0.844. The van der Waals surface area contributed by atoms with Crippen molar-refractivity contribution in [2.75, 3.05) is 11.9 Å². The first-order valence-corrected chi connectivity index (χ1v) is 6.27. The molecule has 1 rings (SSSR count). The fraction of sp³-hybridized carbons (Fsp3) is 0.417. The maximum Gasteiger partial charge on any atom is 0.335 e. The quantitative estimate of drug-likeness (QED) is 0.693. The molecule has 1 atom stereocenters. The standard InChI is InChI=1S/C12H16ClN3O3/c1-3-4-14-11(17)7(2)15-10-6-8(12(18)19)5-9(13)16-10/h5-7H,3-4H2,1-2H3,(H,14,17)(H,15,16)(H,18,19). The van der Waals surface area contributed by atoms with Gasteiger partial charge in [-0.15, -0.1) is 0 Å². The van der Waals surface area contributed by atoms with Crippen LogP contribution in [0.2, 0.25) is 5.15 Å². The van der Waals surface area contributed by atoms with Crippen molar-refractivity contribution in [1.29, 1.82) is 0 Å². The molecule has 0 fully saturated rings. The fourth-order valence-corrected chi connectivity index (χ4v) is 1.59. The zero-order chi connectivity index (χ0) is 14.4. The molecule has 0 spiro atoms. The van der Waals surface area contributed by atoms with Gasteiger partial charge >= 0.3 is 5.97 Å². The van der Waals surface area contributed by atoms with E-state index >= 15 is 0 Å². The number of halogens is 1. The van der Waals surface area contributed by atoms with Crippen LogP contribution in [0, 0.1) is 0 Å². The number of aromatic carboxylic acids is 1. The SMILES string of the molecule is CCCNC(=O)C(C)Nc1cc(C(=O)O)cc(Cl)n1. The largest absolute Gasteiger partial charge is 0.478 e. The van der Waals surface area contributed by atoms with Crippen LogP contribution in [0.1, 0.15) is 30.6 Å². The average molecular weight is 286 g/mol. The number of anilines is 1. The number of aromatic nitrogens is 1. The van der Waals surface area contributed by atoms with Crippen LogP contribution in [0.5, 0.6) is 0 Å². The smallest absolute Gasteiger partial charge is 0.335 e. The molecule has 0 saturated heterocycles. The highest BCUT2D eigenvalue weighted by molar-refractivity contribution is 6.29. The van der Waals surface area contributed by atoms with Gasteiger partial charge in [-0.25, -0.2) is 9.78 Å². The zero-order valence-corrected chi connectivity index (χ0v) is 11.5. The van der Waals surface area contributed by atoms with Crippen molar-refractivity contribution in [3.05, 3.63) is 22.8 Å². The third kappa shape index (κ3) is 4.75. The van der Waals surface area contributed by atoms with Crippen LogP contribution >= 0.6 is 11.6 Å². The molecule has 0 saturated carbocycles. The topological polar surface area (TPSA) is 91.3 Å². The second-order valence-electron chi connectivity index (χ2n) is 4.03. The van der Waals surface area contributed by atoms with Gasteiger partial charge in [0.05, 0.1) is 5.56 Å². The number of carbonyl (C=O) groups is 2. The van der Waals surface area contributed by atoms with Gasteiger partial charge in [0.2, 0.25) is 5.91 Å². The normalized spacial score (nSPS) is 11.7. The summed E-state index contributed by atoms with van der Waals surface area (Å²) in [5.74, 6) is -1.03. The fourth-order valence-electron chi connectivity index (χ4n) is 1.38. The van der Waals surface area contributed by atoms with Crippen LogP contribution in [0.25, 0.3) is 0 Å². The lowest BCUT2D eigenvalue weighted by molar-refractivity contribution is -0.121. The third-order valence-electron chi connectivity index (χ3n) is 2.35. The van der Waals surface area contributed by atoms with Gasteiger partial charge in [-0.2, -0.15) is 0 Å². The van der Waals surface area contributed by atoms with E-state index in [0.717, 1.165) is 6.42 Å². The lowest BCUT2D eigenvalue weighted by atomic mass is 10.2. The van der Waals surface area contributed by atoms with E-state index in [9.17, 15) is 9.59 Å². The van der Waals surface area contributed by atoms with Crippen LogP contribution in [-0.2, 0) is 4.79 Å². The second kappa shape index (κ2) is 6.94. The van der Waals surface area contributed by atoms with Crippen LogP contribution in [0.3, 0.4) is 0 Å². The maximum atomic E-state index is 11.7. The number of carboxylic acids is 1. The lowest BCUT2D eigenvalue weighted by Gasteiger charge is -2.14. The Morgan fingerprint density at radius 1 is 1.47 bits per heavy atom. The van der Waals surface area contributed by atoms with E-state index in [1.807, 2.05) is 6.92 Å². The molecule has 1 heterocycles. The molecule has 104 valence electrons. The van der Waals surface area contributed by atoms with Crippen molar-refractivity contribution in [2.45, 2.75) is 26.3 Å². The second-order valence-corrected chi connectivity index (χ2v) is 4.41. The number of nitrogens with one attached hydrogen (secondary N) is 2. The molecule has 1 aromatic heterocycles. The summed E-state index contributed by atoms with van der Waals surface area (Å²) in [5, 5.41) is 14.5. The third-order valence-corrected chi connectivity index (χ3v) is 2.54. The number of amides is 1. The number of nitrogens with zero attached hydrogens (tertiary/aromatic N) is 1. The van der Waals surface area contributed by atoms with Crippen molar-refractivity contribution in [1.82, 2.24) is 10.3 Å². The van der Waals surface area contributed by atoms with Crippen LogP contribution in [0.15, 0.2) is 12.1 Å². The van der Waals surface area contributed by atoms with Crippen molar-refractivity contribution in [2.24, 2.45) is 0 Å². The Morgan fingerprint density at radius 2 is 2.16 bits per heavy atom. The monoisotopic (exact) mass is 285 g/mol. The van der Waals surface area contributed by atoms with E-state index < -0.39 is 12.0 Å². The molecule has 19 heavy (non-hydrogen) atoms. The Kier molecular flexibility index (Phi) is 5.57. The summed E-state index contributed by atoms with van der Waals surface area (Å²) in [6, 6.07) is 2.05. The molecule has 0 radical (unpaired) electrons. The summed E-state index contributed by atoms with van der Waals surface area (Å²) in [5.41, 5.74) is 0.0173. The maximum absolute atomic E-state index is 11.7.